The van der Waals surface area contributed by atoms with Gasteiger partial charge in [-0.3, -0.25) is 5.32 Å². The van der Waals surface area contributed by atoms with Crippen molar-refractivity contribution >= 4 is 33.1 Å². The molecule has 0 radical (unpaired) electrons. The van der Waals surface area contributed by atoms with Crippen LogP contribution >= 0.6 is 11.3 Å². The highest BCUT2D eigenvalue weighted by Gasteiger charge is 1.97. The average molecular weight is 216 g/mol. The lowest BCUT2D eigenvalue weighted by molar-refractivity contribution is 1.22. The third-order valence-electron chi connectivity index (χ3n) is 1.87. The maximum absolute atomic E-state index is 8.33. The van der Waals surface area contributed by atoms with Crippen LogP contribution in [-0.2, 0) is 0 Å². The summed E-state index contributed by atoms with van der Waals surface area (Å²) in [5, 5.41) is 13.8. The Kier molecular flexibility index (Phi) is 2.52. The Bertz CT molecular complexity index is 550. The summed E-state index contributed by atoms with van der Waals surface area (Å²) in [7, 11) is 0. The number of fused-ring (bicyclic) bond motifs is 1. The third kappa shape index (κ3) is 2.06. The van der Waals surface area contributed by atoms with Crippen LogP contribution in [-0.4, -0.2) is 5.96 Å². The van der Waals surface area contributed by atoms with Crippen molar-refractivity contribution in [2.24, 2.45) is 10.7 Å². The Labute approximate surface area is 90.7 Å². The number of guanidine groups is 1. The highest BCUT2D eigenvalue weighted by Crippen LogP contribution is 2.25. The first-order valence-corrected chi connectivity index (χ1v) is 5.14. The van der Waals surface area contributed by atoms with E-state index < -0.39 is 0 Å². The van der Waals surface area contributed by atoms with Gasteiger partial charge >= 0.3 is 0 Å². The fraction of sp³-hybridized carbons (Fsp3) is 0. The largest absolute Gasteiger partial charge is 0.369 e. The van der Waals surface area contributed by atoms with Crippen molar-refractivity contribution in [2.75, 3.05) is 0 Å². The van der Waals surface area contributed by atoms with E-state index in [-0.39, 0.29) is 5.96 Å². The molecule has 0 spiro atoms. The van der Waals surface area contributed by atoms with Crippen molar-refractivity contribution < 1.29 is 0 Å². The minimum absolute atomic E-state index is 0.104. The molecule has 5 heteroatoms. The van der Waals surface area contributed by atoms with E-state index in [9.17, 15) is 0 Å². The molecule has 0 saturated heterocycles. The third-order valence-corrected chi connectivity index (χ3v) is 2.77. The molecule has 0 aliphatic heterocycles. The number of nitrogens with one attached hydrogen (secondary N) is 1. The van der Waals surface area contributed by atoms with Gasteiger partial charge in [-0.15, -0.1) is 11.3 Å². The van der Waals surface area contributed by atoms with E-state index in [2.05, 4.69) is 10.3 Å². The number of hydrogen-bond acceptors (Lipinski definition) is 3. The first-order chi connectivity index (χ1) is 7.29. The van der Waals surface area contributed by atoms with E-state index in [1.165, 1.54) is 4.70 Å². The van der Waals surface area contributed by atoms with Crippen LogP contribution in [0.1, 0.15) is 0 Å². The standard InChI is InChI=1S/C10H8N4S/c11-6-13-10(12)14-8-1-2-9-7(5-8)3-4-15-9/h1-5H,(H3,12,13,14). The van der Waals surface area contributed by atoms with Crippen LogP contribution < -0.4 is 11.1 Å². The minimum atomic E-state index is 0.104. The molecule has 2 rings (SSSR count). The summed E-state index contributed by atoms with van der Waals surface area (Å²) in [5.41, 5.74) is 6.19. The normalized spacial score (nSPS) is 11.3. The van der Waals surface area contributed by atoms with E-state index in [0.29, 0.717) is 0 Å². The molecule has 74 valence electrons. The molecule has 0 saturated carbocycles. The second-order valence-electron chi connectivity index (χ2n) is 2.88. The van der Waals surface area contributed by atoms with Gasteiger partial charge in [0.25, 0.3) is 0 Å². The molecule has 1 aromatic heterocycles. The Morgan fingerprint density at radius 2 is 2.33 bits per heavy atom. The molecule has 1 aromatic carbocycles. The summed E-state index contributed by atoms with van der Waals surface area (Å²) in [6.45, 7) is 0. The molecule has 0 aliphatic rings. The topological polar surface area (TPSA) is 74.2 Å². The Hall–Kier alpha value is -2.06. The summed E-state index contributed by atoms with van der Waals surface area (Å²) in [6.07, 6.45) is 1.72. The highest BCUT2D eigenvalue weighted by atomic mass is 32.1. The monoisotopic (exact) mass is 216 g/mol. The smallest absolute Gasteiger partial charge is 0.207 e. The molecule has 4 nitrogen and oxygen atoms in total. The SMILES string of the molecule is N#CNC(N)=Nc1ccc2sccc2c1. The molecule has 0 unspecified atom stereocenters. The number of hydrogen-bond donors (Lipinski definition) is 2. The first kappa shape index (κ1) is 9.49. The van der Waals surface area contributed by atoms with E-state index in [0.717, 1.165) is 11.1 Å². The molecule has 0 atom stereocenters. The van der Waals surface area contributed by atoms with Gasteiger partial charge in [0.2, 0.25) is 5.96 Å². The molecule has 0 amide bonds. The predicted molar refractivity (Wildman–Crippen MR) is 61.9 cm³/mol. The van der Waals surface area contributed by atoms with E-state index in [1.54, 1.807) is 17.5 Å². The molecular weight excluding hydrogens is 208 g/mol. The van der Waals surface area contributed by atoms with Gasteiger partial charge in [0, 0.05) is 4.70 Å². The molecule has 2 aromatic rings. The van der Waals surface area contributed by atoms with Gasteiger partial charge in [0.05, 0.1) is 5.69 Å². The predicted octanol–water partition coefficient (Wildman–Crippen LogP) is 1.92. The Balaban J connectivity index is 2.37. The van der Waals surface area contributed by atoms with Crippen molar-refractivity contribution in [3.8, 4) is 6.19 Å². The fourth-order valence-electron chi connectivity index (χ4n) is 1.25. The van der Waals surface area contributed by atoms with Gasteiger partial charge in [-0.25, -0.2) is 4.99 Å². The lowest BCUT2D eigenvalue weighted by Gasteiger charge is -1.97. The second-order valence-corrected chi connectivity index (χ2v) is 3.82. The summed E-state index contributed by atoms with van der Waals surface area (Å²) in [4.78, 5) is 4.04. The summed E-state index contributed by atoms with van der Waals surface area (Å²) in [5.74, 6) is 0.104. The second kappa shape index (κ2) is 3.98. The van der Waals surface area contributed by atoms with Gasteiger partial charge in [0.15, 0.2) is 6.19 Å². The van der Waals surface area contributed by atoms with Crippen LogP contribution in [0, 0.1) is 11.5 Å². The van der Waals surface area contributed by atoms with Crippen molar-refractivity contribution in [3.05, 3.63) is 29.6 Å². The number of nitrogens with zero attached hydrogens (tertiary/aromatic N) is 2. The number of thiophene rings is 1. The highest BCUT2D eigenvalue weighted by molar-refractivity contribution is 7.17. The van der Waals surface area contributed by atoms with E-state index in [4.69, 9.17) is 11.0 Å². The van der Waals surface area contributed by atoms with E-state index in [1.807, 2.05) is 29.6 Å². The molecule has 15 heavy (non-hydrogen) atoms. The van der Waals surface area contributed by atoms with Gasteiger partial charge in [0.1, 0.15) is 0 Å². The summed E-state index contributed by atoms with van der Waals surface area (Å²) >= 11 is 1.68. The zero-order valence-electron chi connectivity index (χ0n) is 7.77. The van der Waals surface area contributed by atoms with Crippen LogP contribution in [0.25, 0.3) is 10.1 Å². The number of aliphatic imine (C=N–C) groups is 1. The zero-order chi connectivity index (χ0) is 10.7. The molecule has 0 bridgehead atoms. The average Bonchev–Trinajstić information content (AvgIpc) is 2.65. The Morgan fingerprint density at radius 1 is 1.47 bits per heavy atom. The van der Waals surface area contributed by atoms with Gasteiger partial charge in [-0.1, -0.05) is 0 Å². The van der Waals surface area contributed by atoms with Crippen molar-refractivity contribution in [1.82, 2.24) is 5.32 Å². The number of rotatable bonds is 1. The fourth-order valence-corrected chi connectivity index (χ4v) is 2.02. The van der Waals surface area contributed by atoms with Crippen LogP contribution in [0.2, 0.25) is 0 Å². The van der Waals surface area contributed by atoms with Gasteiger partial charge < -0.3 is 5.73 Å². The van der Waals surface area contributed by atoms with Crippen LogP contribution in [0.5, 0.6) is 0 Å². The maximum Gasteiger partial charge on any atom is 0.207 e. The van der Waals surface area contributed by atoms with Crippen molar-refractivity contribution in [3.63, 3.8) is 0 Å². The summed E-state index contributed by atoms with van der Waals surface area (Å²) in [6, 6.07) is 7.80. The molecular formula is C10H8N4S. The van der Waals surface area contributed by atoms with Gasteiger partial charge in [-0.05, 0) is 35.0 Å². The molecule has 0 aliphatic carbocycles. The molecule has 1 heterocycles. The number of nitrogens with two attached hydrogens (primary N) is 1. The lowest BCUT2D eigenvalue weighted by Crippen LogP contribution is -2.26. The van der Waals surface area contributed by atoms with Gasteiger partial charge in [-0.2, -0.15) is 5.26 Å². The minimum Gasteiger partial charge on any atom is -0.369 e. The number of nitriles is 1. The van der Waals surface area contributed by atoms with Crippen molar-refractivity contribution in [2.45, 2.75) is 0 Å². The maximum atomic E-state index is 8.33. The van der Waals surface area contributed by atoms with Crippen LogP contribution in [0.4, 0.5) is 5.69 Å². The molecule has 0 fully saturated rings. The Morgan fingerprint density at radius 3 is 3.13 bits per heavy atom. The quantitative estimate of drug-likeness (QED) is 0.331. The summed E-state index contributed by atoms with van der Waals surface area (Å²) < 4.78 is 1.21. The van der Waals surface area contributed by atoms with Crippen LogP contribution in [0.3, 0.4) is 0 Å². The zero-order valence-corrected chi connectivity index (χ0v) is 8.58. The van der Waals surface area contributed by atoms with Crippen LogP contribution in [0.15, 0.2) is 34.6 Å². The lowest BCUT2D eigenvalue weighted by atomic mass is 10.2. The first-order valence-electron chi connectivity index (χ1n) is 4.26. The molecule has 3 N–H and O–H groups in total. The number of benzene rings is 1. The van der Waals surface area contributed by atoms with Crippen molar-refractivity contribution in [1.29, 1.82) is 5.26 Å². The van der Waals surface area contributed by atoms with E-state index >= 15 is 0 Å².